The third-order valence-corrected chi connectivity index (χ3v) is 9.44. The smallest absolute Gasteiger partial charge is 0.246 e. The molecule has 0 unspecified atom stereocenters. The Morgan fingerprint density at radius 1 is 1.05 bits per heavy atom. The number of likely N-dealkylation sites (tertiary alicyclic amines) is 1. The van der Waals surface area contributed by atoms with E-state index in [4.69, 9.17) is 4.74 Å². The Morgan fingerprint density at radius 2 is 1.85 bits per heavy atom. The quantitative estimate of drug-likeness (QED) is 0.551. The number of benzene rings is 2. The number of carbonyl (C=O) groups is 3. The van der Waals surface area contributed by atoms with Crippen LogP contribution >= 0.6 is 0 Å². The molecule has 3 aliphatic heterocycles. The number of amides is 3. The number of anilines is 1. The minimum atomic E-state index is -1.17. The lowest BCUT2D eigenvalue weighted by Crippen LogP contribution is -2.57. The van der Waals surface area contributed by atoms with Crippen LogP contribution in [-0.2, 0) is 25.7 Å². The van der Waals surface area contributed by atoms with Crippen molar-refractivity contribution < 1.29 is 19.1 Å². The average molecular weight is 528 g/mol. The third-order valence-electron chi connectivity index (χ3n) is 9.44. The third kappa shape index (κ3) is 4.37. The van der Waals surface area contributed by atoms with E-state index in [0.717, 1.165) is 30.4 Å². The summed E-state index contributed by atoms with van der Waals surface area (Å²) in [7, 11) is 0. The number of rotatable bonds is 6. The van der Waals surface area contributed by atoms with Gasteiger partial charge in [-0.3, -0.25) is 14.4 Å². The Labute approximate surface area is 230 Å². The molecule has 7 heteroatoms. The SMILES string of the molecule is Cc1cccc(NC(=O)[C@H]2[C@H]3C=C[C@@]4(O3)[C@H]2C(=O)N(Cc2ccccc2)[C@@H]4C(=O)N[C@@H]2CCC[C@@H](C)[C@@H]2C)c1. The maximum Gasteiger partial charge on any atom is 0.246 e. The molecule has 0 radical (unpaired) electrons. The number of hydrogen-bond donors (Lipinski definition) is 2. The van der Waals surface area contributed by atoms with Gasteiger partial charge in [-0.15, -0.1) is 0 Å². The molecule has 2 bridgehead atoms. The zero-order valence-electron chi connectivity index (χ0n) is 22.8. The first-order chi connectivity index (χ1) is 18.8. The van der Waals surface area contributed by atoms with E-state index in [1.807, 2.05) is 73.7 Å². The molecule has 7 nitrogen and oxygen atoms in total. The van der Waals surface area contributed by atoms with Crippen LogP contribution in [0.25, 0.3) is 0 Å². The number of hydrogen-bond acceptors (Lipinski definition) is 4. The molecular weight excluding hydrogens is 490 g/mol. The van der Waals surface area contributed by atoms with E-state index in [0.29, 0.717) is 17.5 Å². The molecule has 1 spiro atoms. The Bertz CT molecular complexity index is 1310. The molecule has 204 valence electrons. The number of fused-ring (bicyclic) bond motifs is 1. The number of nitrogens with zero attached hydrogens (tertiary/aromatic N) is 1. The van der Waals surface area contributed by atoms with Crippen molar-refractivity contribution in [3.05, 3.63) is 77.9 Å². The fourth-order valence-corrected chi connectivity index (χ4v) is 7.21. The van der Waals surface area contributed by atoms with Gasteiger partial charge in [0, 0.05) is 18.3 Å². The first kappa shape index (κ1) is 25.8. The highest BCUT2D eigenvalue weighted by Gasteiger charge is 2.72. The lowest BCUT2D eigenvalue weighted by molar-refractivity contribution is -0.142. The molecule has 2 aromatic rings. The van der Waals surface area contributed by atoms with Gasteiger partial charge in [-0.25, -0.2) is 0 Å². The highest BCUT2D eigenvalue weighted by atomic mass is 16.5. The van der Waals surface area contributed by atoms with Crippen LogP contribution in [-0.4, -0.2) is 46.4 Å². The van der Waals surface area contributed by atoms with Crippen LogP contribution in [0, 0.1) is 30.6 Å². The fourth-order valence-electron chi connectivity index (χ4n) is 7.21. The molecule has 4 aliphatic rings. The van der Waals surface area contributed by atoms with Crippen molar-refractivity contribution in [2.24, 2.45) is 23.7 Å². The zero-order valence-corrected chi connectivity index (χ0v) is 22.8. The second kappa shape index (κ2) is 9.94. The van der Waals surface area contributed by atoms with E-state index >= 15 is 0 Å². The number of carbonyl (C=O) groups excluding carboxylic acids is 3. The number of nitrogens with one attached hydrogen (secondary N) is 2. The minimum Gasteiger partial charge on any atom is -0.359 e. The normalized spacial score (nSPS) is 34.7. The first-order valence-corrected chi connectivity index (χ1v) is 14.2. The summed E-state index contributed by atoms with van der Waals surface area (Å²) in [5.74, 6) is -1.27. The summed E-state index contributed by atoms with van der Waals surface area (Å²) in [6, 6.07) is 16.5. The molecule has 8 atom stereocenters. The van der Waals surface area contributed by atoms with Crippen molar-refractivity contribution in [1.29, 1.82) is 0 Å². The summed E-state index contributed by atoms with van der Waals surface area (Å²) in [4.78, 5) is 43.6. The summed E-state index contributed by atoms with van der Waals surface area (Å²) >= 11 is 0. The lowest BCUT2D eigenvalue weighted by atomic mass is 9.73. The Kier molecular flexibility index (Phi) is 6.58. The van der Waals surface area contributed by atoms with E-state index in [9.17, 15) is 14.4 Å². The van der Waals surface area contributed by atoms with Gasteiger partial charge < -0.3 is 20.3 Å². The van der Waals surface area contributed by atoms with Crippen molar-refractivity contribution >= 4 is 23.4 Å². The van der Waals surface area contributed by atoms with Gasteiger partial charge in [0.25, 0.3) is 0 Å². The lowest BCUT2D eigenvalue weighted by Gasteiger charge is -2.38. The number of ether oxygens (including phenoxy) is 1. The molecule has 39 heavy (non-hydrogen) atoms. The molecule has 6 rings (SSSR count). The Morgan fingerprint density at radius 3 is 2.62 bits per heavy atom. The average Bonchev–Trinajstić information content (AvgIpc) is 3.55. The van der Waals surface area contributed by atoms with Crippen molar-refractivity contribution in [3.63, 3.8) is 0 Å². The van der Waals surface area contributed by atoms with Crippen LogP contribution in [0.4, 0.5) is 5.69 Å². The molecule has 2 saturated heterocycles. The minimum absolute atomic E-state index is 0.0494. The van der Waals surface area contributed by atoms with E-state index in [-0.39, 0.29) is 30.3 Å². The van der Waals surface area contributed by atoms with E-state index < -0.39 is 29.6 Å². The highest BCUT2D eigenvalue weighted by Crippen LogP contribution is 2.55. The largest absolute Gasteiger partial charge is 0.359 e. The van der Waals surface area contributed by atoms with E-state index in [1.165, 1.54) is 0 Å². The number of aryl methyl sites for hydroxylation is 1. The van der Waals surface area contributed by atoms with Gasteiger partial charge in [0.05, 0.1) is 17.9 Å². The fraction of sp³-hybridized carbons (Fsp3) is 0.469. The van der Waals surface area contributed by atoms with Crippen molar-refractivity contribution in [2.45, 2.75) is 70.4 Å². The Balaban J connectivity index is 1.33. The van der Waals surface area contributed by atoms with Gasteiger partial charge in [0.15, 0.2) is 0 Å². The van der Waals surface area contributed by atoms with Crippen molar-refractivity contribution in [2.75, 3.05) is 5.32 Å². The summed E-state index contributed by atoms with van der Waals surface area (Å²) in [6.07, 6.45) is 6.34. The summed E-state index contributed by atoms with van der Waals surface area (Å²) in [6.45, 7) is 6.68. The van der Waals surface area contributed by atoms with Crippen LogP contribution in [0.1, 0.15) is 44.2 Å². The van der Waals surface area contributed by atoms with Crippen LogP contribution in [0.2, 0.25) is 0 Å². The summed E-state index contributed by atoms with van der Waals surface area (Å²) in [5.41, 5.74) is 1.47. The molecule has 2 aromatic carbocycles. The van der Waals surface area contributed by atoms with E-state index in [1.54, 1.807) is 4.90 Å². The monoisotopic (exact) mass is 527 g/mol. The second-order valence-electron chi connectivity index (χ2n) is 11.9. The summed E-state index contributed by atoms with van der Waals surface area (Å²) in [5, 5.41) is 6.31. The van der Waals surface area contributed by atoms with Gasteiger partial charge in [-0.1, -0.05) is 81.3 Å². The van der Waals surface area contributed by atoms with Crippen LogP contribution in [0.5, 0.6) is 0 Å². The first-order valence-electron chi connectivity index (χ1n) is 14.2. The standard InChI is InChI=1S/C32H37N3O4/c1-19-9-7-13-23(17-19)33-29(36)26-25-15-16-32(39-25)27(26)31(38)35(18-22-11-5-4-6-12-22)28(32)30(37)34-24-14-8-10-20(2)21(24)3/h4-7,9,11-13,15-17,20-21,24-28H,8,10,14,18H2,1-3H3,(H,33,36)(H,34,37)/t20-,21+,24-,25-,26+,27-,28-,32-/m1/s1. The van der Waals surface area contributed by atoms with Crippen LogP contribution in [0.15, 0.2) is 66.7 Å². The second-order valence-corrected chi connectivity index (χ2v) is 11.9. The molecule has 3 amide bonds. The van der Waals surface area contributed by atoms with Gasteiger partial charge in [0.2, 0.25) is 17.7 Å². The topological polar surface area (TPSA) is 87.7 Å². The van der Waals surface area contributed by atoms with Crippen LogP contribution in [0.3, 0.4) is 0 Å². The predicted octanol–water partition coefficient (Wildman–Crippen LogP) is 4.23. The van der Waals surface area contributed by atoms with Crippen molar-refractivity contribution in [3.8, 4) is 0 Å². The van der Waals surface area contributed by atoms with Gasteiger partial charge in [-0.05, 0) is 48.4 Å². The van der Waals surface area contributed by atoms with Gasteiger partial charge >= 0.3 is 0 Å². The van der Waals surface area contributed by atoms with E-state index in [2.05, 4.69) is 24.5 Å². The van der Waals surface area contributed by atoms with Gasteiger partial charge in [0.1, 0.15) is 11.6 Å². The van der Waals surface area contributed by atoms with Gasteiger partial charge in [-0.2, -0.15) is 0 Å². The predicted molar refractivity (Wildman–Crippen MR) is 148 cm³/mol. The zero-order chi connectivity index (χ0) is 27.3. The molecule has 0 aromatic heterocycles. The molecule has 2 N–H and O–H groups in total. The molecule has 1 saturated carbocycles. The molecule has 1 aliphatic carbocycles. The highest BCUT2D eigenvalue weighted by molar-refractivity contribution is 6.02. The Hall–Kier alpha value is -3.45. The summed E-state index contributed by atoms with van der Waals surface area (Å²) < 4.78 is 6.49. The molecule has 3 heterocycles. The molecule has 3 fully saturated rings. The maximum atomic E-state index is 14.2. The van der Waals surface area contributed by atoms with Crippen LogP contribution < -0.4 is 10.6 Å². The maximum absolute atomic E-state index is 14.2. The van der Waals surface area contributed by atoms with Crippen molar-refractivity contribution in [1.82, 2.24) is 10.2 Å². The molecular formula is C32H37N3O4.